The summed E-state index contributed by atoms with van der Waals surface area (Å²) in [5, 5.41) is 18.9. The molecule has 3 aromatic rings. The molecular weight excluding hydrogens is 455 g/mol. The van der Waals surface area contributed by atoms with Crippen LogP contribution in [-0.2, 0) is 10.3 Å². The number of carbonyl (C=O) groups is 1. The van der Waals surface area contributed by atoms with Crippen molar-refractivity contribution in [2.24, 2.45) is 0 Å². The molecule has 1 amide bonds. The van der Waals surface area contributed by atoms with Crippen molar-refractivity contribution in [3.8, 4) is 6.07 Å². The molecule has 184 valence electrons. The Hall–Kier alpha value is -3.96. The van der Waals surface area contributed by atoms with E-state index in [-0.39, 0.29) is 23.7 Å². The molecule has 0 saturated carbocycles. The smallest absolute Gasteiger partial charge is 0.249 e. The van der Waals surface area contributed by atoms with Crippen molar-refractivity contribution in [2.75, 3.05) is 35.6 Å². The van der Waals surface area contributed by atoms with E-state index in [0.29, 0.717) is 42.3 Å². The lowest BCUT2D eigenvalue weighted by atomic mass is 9.81. The molecule has 1 aromatic heterocycles. The highest BCUT2D eigenvalue weighted by Gasteiger charge is 2.50. The van der Waals surface area contributed by atoms with Crippen molar-refractivity contribution in [1.29, 1.82) is 5.26 Å². The summed E-state index contributed by atoms with van der Waals surface area (Å²) < 4.78 is 14.7. The fourth-order valence-electron chi connectivity index (χ4n) is 5.49. The van der Waals surface area contributed by atoms with Gasteiger partial charge in [-0.1, -0.05) is 30.3 Å². The highest BCUT2D eigenvalue weighted by molar-refractivity contribution is 6.08. The molecule has 5 rings (SSSR count). The molecule has 0 bridgehead atoms. The Morgan fingerprint density at radius 1 is 1.25 bits per heavy atom. The second-order valence-electron chi connectivity index (χ2n) is 9.48. The summed E-state index contributed by atoms with van der Waals surface area (Å²) >= 11 is 0. The van der Waals surface area contributed by atoms with E-state index in [1.54, 1.807) is 12.3 Å². The second kappa shape index (κ2) is 9.59. The minimum atomic E-state index is -1.01. The summed E-state index contributed by atoms with van der Waals surface area (Å²) in [7, 11) is 0. The zero-order valence-electron chi connectivity index (χ0n) is 20.4. The molecule has 0 radical (unpaired) electrons. The summed E-state index contributed by atoms with van der Waals surface area (Å²) in [6.07, 6.45) is 2.48. The van der Waals surface area contributed by atoms with Gasteiger partial charge in [-0.25, -0.2) is 9.37 Å². The molecule has 2 aromatic carbocycles. The summed E-state index contributed by atoms with van der Waals surface area (Å²) in [5.41, 5.74) is 3.28. The van der Waals surface area contributed by atoms with Crippen molar-refractivity contribution in [3.63, 3.8) is 0 Å². The number of anilines is 3. The van der Waals surface area contributed by atoms with Crippen LogP contribution >= 0.6 is 0 Å². The van der Waals surface area contributed by atoms with Gasteiger partial charge in [-0.15, -0.1) is 0 Å². The lowest BCUT2D eigenvalue weighted by Gasteiger charge is -2.46. The molecule has 3 N–H and O–H groups in total. The Labute approximate surface area is 210 Å². The molecule has 2 unspecified atom stereocenters. The van der Waals surface area contributed by atoms with E-state index in [1.165, 1.54) is 17.7 Å². The maximum atomic E-state index is 14.7. The molecule has 1 fully saturated rings. The van der Waals surface area contributed by atoms with Crippen LogP contribution in [0, 0.1) is 17.1 Å². The quantitative estimate of drug-likeness (QED) is 0.471. The van der Waals surface area contributed by atoms with Crippen LogP contribution in [0.5, 0.6) is 0 Å². The number of pyridine rings is 1. The number of fused-ring (bicyclic) bond motifs is 1. The topological polar surface area (TPSA) is 93.1 Å². The van der Waals surface area contributed by atoms with Gasteiger partial charge >= 0.3 is 0 Å². The van der Waals surface area contributed by atoms with Gasteiger partial charge < -0.3 is 16.0 Å². The monoisotopic (exact) mass is 484 g/mol. The number of carbonyl (C=O) groups excluding carboxylic acids is 1. The molecule has 0 aliphatic carbocycles. The standard InChI is InChI=1S/C28H29FN6O/c1-3-31-24-14-19(29)13-23-26(24)34-27(36)28(23,2)35-12-11-22(18-7-5-4-6-8-18)25(17-35)33-21-10-9-20(15-30)32-16-21/h4-10,13-14,16,22,25,31,33H,3,11-12,17H2,1-2H3,(H,34,36)/t22?,25?,28-/m1/s1. The van der Waals surface area contributed by atoms with Crippen LogP contribution in [0.3, 0.4) is 0 Å². The number of halogens is 1. The van der Waals surface area contributed by atoms with Crippen LogP contribution in [-0.4, -0.2) is 41.5 Å². The average molecular weight is 485 g/mol. The van der Waals surface area contributed by atoms with E-state index in [9.17, 15) is 9.18 Å². The number of aromatic nitrogens is 1. The van der Waals surface area contributed by atoms with Gasteiger partial charge in [0.25, 0.3) is 0 Å². The zero-order chi connectivity index (χ0) is 25.3. The Bertz CT molecular complexity index is 1310. The first kappa shape index (κ1) is 23.8. The van der Waals surface area contributed by atoms with Gasteiger partial charge in [0.05, 0.1) is 23.3 Å². The number of amides is 1. The van der Waals surface area contributed by atoms with E-state index < -0.39 is 5.54 Å². The molecule has 8 heteroatoms. The molecule has 1 saturated heterocycles. The molecule has 3 atom stereocenters. The molecule has 3 heterocycles. The fourth-order valence-corrected chi connectivity index (χ4v) is 5.49. The summed E-state index contributed by atoms with van der Waals surface area (Å²) in [4.78, 5) is 19.8. The maximum absolute atomic E-state index is 14.7. The molecule has 2 aliphatic rings. The van der Waals surface area contributed by atoms with Crippen molar-refractivity contribution >= 4 is 23.0 Å². The number of rotatable bonds is 6. The third-order valence-corrected chi connectivity index (χ3v) is 7.38. The van der Waals surface area contributed by atoms with Crippen molar-refractivity contribution < 1.29 is 9.18 Å². The maximum Gasteiger partial charge on any atom is 0.249 e. The first-order valence-electron chi connectivity index (χ1n) is 12.3. The SMILES string of the molecule is CCNc1cc(F)cc2c1NC(=O)[C@]2(C)N1CCC(c2ccccc2)C(Nc2ccc(C#N)nc2)C1. The summed E-state index contributed by atoms with van der Waals surface area (Å²) in [5.74, 6) is -0.320. The van der Waals surface area contributed by atoms with Gasteiger partial charge in [-0.3, -0.25) is 9.69 Å². The van der Waals surface area contributed by atoms with Gasteiger partial charge in [0.2, 0.25) is 5.91 Å². The Balaban J connectivity index is 1.49. The van der Waals surface area contributed by atoms with Gasteiger partial charge in [-0.2, -0.15) is 5.26 Å². The van der Waals surface area contributed by atoms with Crippen LogP contribution in [0.4, 0.5) is 21.5 Å². The highest BCUT2D eigenvalue weighted by atomic mass is 19.1. The molecule has 2 aliphatic heterocycles. The summed E-state index contributed by atoms with van der Waals surface area (Å²) in [6, 6.07) is 18.8. The number of hydrogen-bond donors (Lipinski definition) is 3. The lowest BCUT2D eigenvalue weighted by molar-refractivity contribution is -0.127. The van der Waals surface area contributed by atoms with E-state index in [2.05, 4.69) is 38.0 Å². The number of nitriles is 1. The van der Waals surface area contributed by atoms with E-state index in [4.69, 9.17) is 5.26 Å². The zero-order valence-corrected chi connectivity index (χ0v) is 20.4. The largest absolute Gasteiger partial charge is 0.384 e. The van der Waals surface area contributed by atoms with Gasteiger partial charge in [0.1, 0.15) is 23.1 Å². The van der Waals surface area contributed by atoms with E-state index in [0.717, 1.165) is 12.1 Å². The van der Waals surface area contributed by atoms with Crippen LogP contribution in [0.25, 0.3) is 0 Å². The van der Waals surface area contributed by atoms with Gasteiger partial charge in [0.15, 0.2) is 0 Å². The molecule has 7 nitrogen and oxygen atoms in total. The first-order chi connectivity index (χ1) is 17.4. The van der Waals surface area contributed by atoms with Crippen molar-refractivity contribution in [1.82, 2.24) is 9.88 Å². The first-order valence-corrected chi connectivity index (χ1v) is 12.3. The van der Waals surface area contributed by atoms with Crippen molar-refractivity contribution in [3.05, 3.63) is 83.4 Å². The Morgan fingerprint density at radius 3 is 2.75 bits per heavy atom. The highest BCUT2D eigenvalue weighted by Crippen LogP contribution is 2.46. The average Bonchev–Trinajstić information content (AvgIpc) is 3.16. The van der Waals surface area contributed by atoms with Crippen LogP contribution in [0.15, 0.2) is 60.8 Å². The predicted octanol–water partition coefficient (Wildman–Crippen LogP) is 4.66. The van der Waals surface area contributed by atoms with Crippen LogP contribution in [0.2, 0.25) is 0 Å². The van der Waals surface area contributed by atoms with Gasteiger partial charge in [0, 0.05) is 37.2 Å². The summed E-state index contributed by atoms with van der Waals surface area (Å²) in [6.45, 7) is 5.69. The lowest BCUT2D eigenvalue weighted by Crippen LogP contribution is -2.57. The Morgan fingerprint density at radius 2 is 2.06 bits per heavy atom. The van der Waals surface area contributed by atoms with Crippen LogP contribution < -0.4 is 16.0 Å². The number of likely N-dealkylation sites (tertiary alicyclic amines) is 1. The van der Waals surface area contributed by atoms with Crippen molar-refractivity contribution in [2.45, 2.75) is 37.8 Å². The van der Waals surface area contributed by atoms with Crippen LogP contribution in [0.1, 0.15) is 43.0 Å². The minimum absolute atomic E-state index is 0.0358. The number of nitrogens with zero attached hydrogens (tertiary/aromatic N) is 3. The fraction of sp³-hybridized carbons (Fsp3) is 0.321. The second-order valence-corrected chi connectivity index (χ2v) is 9.48. The number of hydrogen-bond acceptors (Lipinski definition) is 6. The Kier molecular flexibility index (Phi) is 6.33. The third kappa shape index (κ3) is 4.16. The molecule has 0 spiro atoms. The van der Waals surface area contributed by atoms with Gasteiger partial charge in [-0.05, 0) is 50.1 Å². The molecule has 36 heavy (non-hydrogen) atoms. The number of piperidine rings is 1. The normalized spacial score (nSPS) is 23.4. The van der Waals surface area contributed by atoms with E-state index >= 15 is 0 Å². The number of benzene rings is 2. The predicted molar refractivity (Wildman–Crippen MR) is 138 cm³/mol. The van der Waals surface area contributed by atoms with E-state index in [1.807, 2.05) is 44.2 Å². The third-order valence-electron chi connectivity index (χ3n) is 7.38. The number of nitrogens with one attached hydrogen (secondary N) is 3. The molecular formula is C28H29FN6O. The minimum Gasteiger partial charge on any atom is -0.384 e.